The summed E-state index contributed by atoms with van der Waals surface area (Å²) in [6, 6.07) is 0. The van der Waals surface area contributed by atoms with Gasteiger partial charge in [-0.15, -0.1) is 5.10 Å². The molecule has 6 heteroatoms. The molecule has 0 aliphatic carbocycles. The number of hydrogen-bond acceptors (Lipinski definition) is 4. The zero-order valence-corrected chi connectivity index (χ0v) is 9.81. The average Bonchev–Trinajstić information content (AvgIpc) is 2.65. The molecule has 1 aromatic rings. The van der Waals surface area contributed by atoms with Gasteiger partial charge in [0, 0.05) is 13.1 Å². The molecule has 0 aliphatic rings. The molecule has 1 amide bonds. The average molecular weight is 225 g/mol. The molecule has 0 bridgehead atoms. The third kappa shape index (κ3) is 4.39. The van der Waals surface area contributed by atoms with Crippen LogP contribution < -0.4 is 11.1 Å². The number of amides is 1. The second kappa shape index (κ2) is 6.22. The summed E-state index contributed by atoms with van der Waals surface area (Å²) in [7, 11) is 0. The van der Waals surface area contributed by atoms with Gasteiger partial charge in [-0.3, -0.25) is 4.79 Å². The van der Waals surface area contributed by atoms with Crippen molar-refractivity contribution in [2.45, 2.75) is 33.4 Å². The molecule has 0 saturated heterocycles. The highest BCUT2D eigenvalue weighted by molar-refractivity contribution is 5.75. The number of carbonyl (C=O) groups excluding carboxylic acids is 1. The highest BCUT2D eigenvalue weighted by Gasteiger charge is 2.05. The number of rotatable bonds is 6. The Balaban J connectivity index is 2.28. The van der Waals surface area contributed by atoms with E-state index in [4.69, 9.17) is 5.73 Å². The van der Waals surface area contributed by atoms with Gasteiger partial charge in [0.05, 0.1) is 11.9 Å². The van der Waals surface area contributed by atoms with Crippen LogP contribution in [0.5, 0.6) is 0 Å². The van der Waals surface area contributed by atoms with Crippen molar-refractivity contribution in [2.75, 3.05) is 6.54 Å². The van der Waals surface area contributed by atoms with Crippen molar-refractivity contribution in [2.24, 2.45) is 11.7 Å². The van der Waals surface area contributed by atoms with Gasteiger partial charge in [-0.1, -0.05) is 19.1 Å². The Labute approximate surface area is 95.2 Å². The maximum Gasteiger partial charge on any atom is 0.241 e. The van der Waals surface area contributed by atoms with Crippen molar-refractivity contribution in [1.82, 2.24) is 20.3 Å². The lowest BCUT2D eigenvalue weighted by molar-refractivity contribution is -0.121. The lowest BCUT2D eigenvalue weighted by Gasteiger charge is -2.06. The van der Waals surface area contributed by atoms with Gasteiger partial charge in [-0.05, 0) is 12.3 Å². The normalized spacial score (nSPS) is 10.8. The van der Waals surface area contributed by atoms with Crippen LogP contribution in [0, 0.1) is 5.92 Å². The molecule has 0 aliphatic heterocycles. The molecule has 0 saturated carbocycles. The molecule has 16 heavy (non-hydrogen) atoms. The van der Waals surface area contributed by atoms with Crippen LogP contribution in [-0.4, -0.2) is 27.4 Å². The Morgan fingerprint density at radius 2 is 2.38 bits per heavy atom. The van der Waals surface area contributed by atoms with Crippen molar-refractivity contribution in [3.8, 4) is 0 Å². The minimum atomic E-state index is -0.0471. The molecule has 0 spiro atoms. The predicted octanol–water partition coefficient (Wildman–Crippen LogP) is -0.101. The first kappa shape index (κ1) is 12.6. The van der Waals surface area contributed by atoms with Gasteiger partial charge >= 0.3 is 0 Å². The summed E-state index contributed by atoms with van der Waals surface area (Å²) in [6.45, 7) is 5.49. The molecule has 0 unspecified atom stereocenters. The zero-order chi connectivity index (χ0) is 12.0. The highest BCUT2D eigenvalue weighted by atomic mass is 16.2. The molecule has 0 fully saturated rings. The summed E-state index contributed by atoms with van der Waals surface area (Å²) >= 11 is 0. The van der Waals surface area contributed by atoms with E-state index in [1.165, 1.54) is 4.68 Å². The molecule has 90 valence electrons. The maximum atomic E-state index is 11.5. The summed E-state index contributed by atoms with van der Waals surface area (Å²) in [6.07, 6.45) is 2.67. The monoisotopic (exact) mass is 225 g/mol. The molecule has 0 atom stereocenters. The van der Waals surface area contributed by atoms with Crippen molar-refractivity contribution in [3.63, 3.8) is 0 Å². The summed E-state index contributed by atoms with van der Waals surface area (Å²) in [5.74, 6) is 0.546. The Bertz CT molecular complexity index is 334. The summed E-state index contributed by atoms with van der Waals surface area (Å²) in [4.78, 5) is 11.5. The quantitative estimate of drug-likeness (QED) is 0.708. The van der Waals surface area contributed by atoms with E-state index in [9.17, 15) is 4.79 Å². The molecule has 1 heterocycles. The standard InChI is InChI=1S/C10H19N5O/c1-8(2)3-4-12-10(16)7-15-6-9(5-11)13-14-15/h6,8H,3-5,7,11H2,1-2H3,(H,12,16). The van der Waals surface area contributed by atoms with Gasteiger partial charge in [0.25, 0.3) is 0 Å². The first-order chi connectivity index (χ1) is 7.61. The summed E-state index contributed by atoms with van der Waals surface area (Å²) in [5.41, 5.74) is 6.08. The van der Waals surface area contributed by atoms with Gasteiger partial charge in [-0.2, -0.15) is 0 Å². The zero-order valence-electron chi connectivity index (χ0n) is 9.81. The topological polar surface area (TPSA) is 85.8 Å². The Hall–Kier alpha value is -1.43. The van der Waals surface area contributed by atoms with Crippen LogP contribution in [-0.2, 0) is 17.9 Å². The SMILES string of the molecule is CC(C)CCNC(=O)Cn1cc(CN)nn1. The van der Waals surface area contributed by atoms with E-state index in [0.717, 1.165) is 6.42 Å². The Morgan fingerprint density at radius 1 is 1.62 bits per heavy atom. The van der Waals surface area contributed by atoms with Crippen LogP contribution in [0.2, 0.25) is 0 Å². The summed E-state index contributed by atoms with van der Waals surface area (Å²) in [5, 5.41) is 10.4. The second-order valence-electron chi connectivity index (χ2n) is 4.14. The van der Waals surface area contributed by atoms with Crippen LogP contribution in [0.15, 0.2) is 6.20 Å². The van der Waals surface area contributed by atoms with E-state index in [1.54, 1.807) is 6.20 Å². The van der Waals surface area contributed by atoms with Gasteiger partial charge in [-0.25, -0.2) is 4.68 Å². The van der Waals surface area contributed by atoms with Gasteiger partial charge in [0.2, 0.25) is 5.91 Å². The van der Waals surface area contributed by atoms with Crippen LogP contribution in [0.3, 0.4) is 0 Å². The molecule has 6 nitrogen and oxygen atoms in total. The number of nitrogens with zero attached hydrogens (tertiary/aromatic N) is 3. The van der Waals surface area contributed by atoms with Gasteiger partial charge in [0.15, 0.2) is 0 Å². The van der Waals surface area contributed by atoms with E-state index in [2.05, 4.69) is 29.5 Å². The Kier molecular flexibility index (Phi) is 4.91. The maximum absolute atomic E-state index is 11.5. The molecular formula is C10H19N5O. The fraction of sp³-hybridized carbons (Fsp3) is 0.700. The van der Waals surface area contributed by atoms with E-state index in [0.29, 0.717) is 24.7 Å². The predicted molar refractivity (Wildman–Crippen MR) is 60.4 cm³/mol. The molecule has 3 N–H and O–H groups in total. The molecule has 0 radical (unpaired) electrons. The first-order valence-corrected chi connectivity index (χ1v) is 5.47. The number of aromatic nitrogens is 3. The van der Waals surface area contributed by atoms with E-state index in [-0.39, 0.29) is 12.5 Å². The second-order valence-corrected chi connectivity index (χ2v) is 4.14. The van der Waals surface area contributed by atoms with Crippen molar-refractivity contribution in [1.29, 1.82) is 0 Å². The fourth-order valence-electron chi connectivity index (χ4n) is 1.21. The smallest absolute Gasteiger partial charge is 0.241 e. The third-order valence-electron chi connectivity index (χ3n) is 2.14. The lowest BCUT2D eigenvalue weighted by Crippen LogP contribution is -2.29. The van der Waals surface area contributed by atoms with Crippen molar-refractivity contribution >= 4 is 5.91 Å². The van der Waals surface area contributed by atoms with E-state index >= 15 is 0 Å². The van der Waals surface area contributed by atoms with E-state index in [1.807, 2.05) is 0 Å². The van der Waals surface area contributed by atoms with Gasteiger partial charge < -0.3 is 11.1 Å². The third-order valence-corrected chi connectivity index (χ3v) is 2.14. The number of hydrogen-bond donors (Lipinski definition) is 2. The molecular weight excluding hydrogens is 206 g/mol. The van der Waals surface area contributed by atoms with Gasteiger partial charge in [0.1, 0.15) is 6.54 Å². The molecule has 1 aromatic heterocycles. The number of nitrogens with one attached hydrogen (secondary N) is 1. The highest BCUT2D eigenvalue weighted by Crippen LogP contribution is 1.96. The van der Waals surface area contributed by atoms with E-state index < -0.39 is 0 Å². The fourth-order valence-corrected chi connectivity index (χ4v) is 1.21. The molecule has 0 aromatic carbocycles. The number of nitrogens with two attached hydrogens (primary N) is 1. The van der Waals surface area contributed by atoms with Crippen molar-refractivity contribution < 1.29 is 4.79 Å². The number of carbonyl (C=O) groups is 1. The lowest BCUT2D eigenvalue weighted by atomic mass is 10.1. The van der Waals surface area contributed by atoms with Crippen molar-refractivity contribution in [3.05, 3.63) is 11.9 Å². The van der Waals surface area contributed by atoms with Crippen LogP contribution >= 0.6 is 0 Å². The minimum absolute atomic E-state index is 0.0471. The Morgan fingerprint density at radius 3 is 2.94 bits per heavy atom. The molecule has 1 rings (SSSR count). The van der Waals surface area contributed by atoms with Crippen LogP contribution in [0.25, 0.3) is 0 Å². The van der Waals surface area contributed by atoms with Crippen LogP contribution in [0.4, 0.5) is 0 Å². The minimum Gasteiger partial charge on any atom is -0.354 e. The van der Waals surface area contributed by atoms with Crippen LogP contribution in [0.1, 0.15) is 26.0 Å². The first-order valence-electron chi connectivity index (χ1n) is 5.47. The largest absolute Gasteiger partial charge is 0.354 e. The summed E-state index contributed by atoms with van der Waals surface area (Å²) < 4.78 is 1.49.